The van der Waals surface area contributed by atoms with Crippen LogP contribution in [0.2, 0.25) is 0 Å². The first-order chi connectivity index (χ1) is 11.8. The molecule has 0 aliphatic rings. The molecular weight excluding hydrogens is 340 g/mol. The number of hydroxylamine groups is 1. The average molecular weight is 353 g/mol. The minimum atomic E-state index is -1.20. The van der Waals surface area contributed by atoms with E-state index in [0.717, 1.165) is 12.1 Å². The number of aliphatic hydroxyl groups is 1. The lowest BCUT2D eigenvalue weighted by Gasteiger charge is -2.15. The van der Waals surface area contributed by atoms with Crippen molar-refractivity contribution in [2.24, 2.45) is 5.73 Å². The number of halogens is 2. The summed E-state index contributed by atoms with van der Waals surface area (Å²) in [5.74, 6) is -5.30. The summed E-state index contributed by atoms with van der Waals surface area (Å²) < 4.78 is 26.4. The lowest BCUT2D eigenvalue weighted by atomic mass is 9.98. The zero-order valence-corrected chi connectivity index (χ0v) is 12.6. The third-order valence-corrected chi connectivity index (χ3v) is 3.42. The number of amides is 2. The monoisotopic (exact) mass is 353 g/mol. The molecular formula is C15H13F2N3O5. The van der Waals surface area contributed by atoms with Crippen LogP contribution in [0.4, 0.5) is 8.78 Å². The molecule has 25 heavy (non-hydrogen) atoms. The summed E-state index contributed by atoms with van der Waals surface area (Å²) in [4.78, 5) is 27.1. The lowest BCUT2D eigenvalue weighted by molar-refractivity contribution is 0.0696. The molecule has 2 amide bonds. The molecule has 2 rings (SSSR count). The maximum Gasteiger partial charge on any atom is 0.297 e. The molecule has 0 spiro atoms. The normalized spacial score (nSPS) is 10.6. The van der Waals surface area contributed by atoms with Gasteiger partial charge in [0.2, 0.25) is 0 Å². The molecule has 0 bridgehead atoms. The van der Waals surface area contributed by atoms with Crippen molar-refractivity contribution in [2.75, 3.05) is 0 Å². The van der Waals surface area contributed by atoms with Crippen molar-refractivity contribution in [3.05, 3.63) is 57.9 Å². The Morgan fingerprint density at radius 2 is 1.92 bits per heavy atom. The fraction of sp³-hybridized carbons (Fsp3) is 0.133. The number of aliphatic hydroxyl groups excluding tert-OH is 1. The number of carbonyl (C=O) groups is 2. The third kappa shape index (κ3) is 3.54. The fourth-order valence-corrected chi connectivity index (χ4v) is 2.31. The van der Waals surface area contributed by atoms with Crippen LogP contribution < -0.4 is 11.2 Å². The second-order valence-electron chi connectivity index (χ2n) is 5.00. The Hall–Kier alpha value is -3.11. The molecule has 0 saturated carbocycles. The van der Waals surface area contributed by atoms with Crippen molar-refractivity contribution in [2.45, 2.75) is 13.0 Å². The molecule has 0 aliphatic heterocycles. The smallest absolute Gasteiger partial charge is 0.297 e. The van der Waals surface area contributed by atoms with Crippen LogP contribution in [-0.2, 0) is 13.0 Å². The molecule has 132 valence electrons. The van der Waals surface area contributed by atoms with Crippen LogP contribution in [0, 0.1) is 11.6 Å². The Morgan fingerprint density at radius 3 is 2.44 bits per heavy atom. The molecule has 0 fully saturated rings. The second-order valence-corrected chi connectivity index (χ2v) is 5.00. The molecule has 1 aromatic carbocycles. The minimum Gasteiger partial charge on any atom is -0.505 e. The largest absolute Gasteiger partial charge is 0.505 e. The van der Waals surface area contributed by atoms with Crippen LogP contribution in [0.15, 0.2) is 18.2 Å². The molecule has 10 heteroatoms. The van der Waals surface area contributed by atoms with E-state index in [1.54, 1.807) is 0 Å². The first-order valence-corrected chi connectivity index (χ1v) is 6.83. The average Bonchev–Trinajstić information content (AvgIpc) is 2.58. The van der Waals surface area contributed by atoms with Gasteiger partial charge in [-0.15, -0.1) is 0 Å². The highest BCUT2D eigenvalue weighted by molar-refractivity contribution is 6.00. The van der Waals surface area contributed by atoms with E-state index >= 15 is 0 Å². The van der Waals surface area contributed by atoms with Crippen molar-refractivity contribution >= 4 is 11.8 Å². The van der Waals surface area contributed by atoms with E-state index in [1.807, 2.05) is 0 Å². The van der Waals surface area contributed by atoms with E-state index in [0.29, 0.717) is 0 Å². The summed E-state index contributed by atoms with van der Waals surface area (Å²) in [6, 6.07) is 2.95. The van der Waals surface area contributed by atoms with E-state index in [9.17, 15) is 28.6 Å². The Kier molecular flexibility index (Phi) is 5.25. The third-order valence-electron chi connectivity index (χ3n) is 3.42. The molecule has 0 unspecified atom stereocenters. The van der Waals surface area contributed by atoms with Crippen LogP contribution in [0.25, 0.3) is 0 Å². The highest BCUT2D eigenvalue weighted by Crippen LogP contribution is 2.28. The van der Waals surface area contributed by atoms with E-state index in [-0.39, 0.29) is 28.8 Å². The highest BCUT2D eigenvalue weighted by Gasteiger charge is 2.25. The highest BCUT2D eigenvalue weighted by atomic mass is 19.2. The van der Waals surface area contributed by atoms with Crippen LogP contribution >= 0.6 is 0 Å². The molecule has 2 aromatic rings. The molecule has 0 atom stereocenters. The molecule has 1 heterocycles. The number of rotatable bonds is 5. The summed E-state index contributed by atoms with van der Waals surface area (Å²) in [5, 5.41) is 28.1. The van der Waals surface area contributed by atoms with Gasteiger partial charge in [-0.2, -0.15) is 0 Å². The number of aromatic hydroxyl groups is 1. The van der Waals surface area contributed by atoms with Crippen LogP contribution in [0.3, 0.4) is 0 Å². The van der Waals surface area contributed by atoms with Gasteiger partial charge in [0.05, 0.1) is 17.9 Å². The summed E-state index contributed by atoms with van der Waals surface area (Å²) >= 11 is 0. The number of carbonyl (C=O) groups excluding carboxylic acids is 2. The molecule has 0 aliphatic carbocycles. The van der Waals surface area contributed by atoms with E-state index in [4.69, 9.17) is 10.9 Å². The summed E-state index contributed by atoms with van der Waals surface area (Å²) in [7, 11) is 0. The van der Waals surface area contributed by atoms with Gasteiger partial charge in [0.1, 0.15) is 0 Å². The Morgan fingerprint density at radius 1 is 1.24 bits per heavy atom. The van der Waals surface area contributed by atoms with Crippen molar-refractivity contribution in [3.63, 3.8) is 0 Å². The predicted molar refractivity (Wildman–Crippen MR) is 78.8 cm³/mol. The van der Waals surface area contributed by atoms with Gasteiger partial charge >= 0.3 is 0 Å². The van der Waals surface area contributed by atoms with Crippen molar-refractivity contribution < 1.29 is 33.8 Å². The fourth-order valence-electron chi connectivity index (χ4n) is 2.31. The van der Waals surface area contributed by atoms with E-state index in [1.165, 1.54) is 11.5 Å². The van der Waals surface area contributed by atoms with Crippen LogP contribution in [-0.4, -0.2) is 32.2 Å². The Labute approximate surface area is 139 Å². The summed E-state index contributed by atoms with van der Waals surface area (Å²) in [6.45, 7) is -0.858. The molecule has 0 radical (unpaired) electrons. The molecule has 0 saturated heterocycles. The summed E-state index contributed by atoms with van der Waals surface area (Å²) in [5.41, 5.74) is 5.12. The molecule has 6 N–H and O–H groups in total. The van der Waals surface area contributed by atoms with Crippen LogP contribution in [0.5, 0.6) is 5.75 Å². The minimum absolute atomic E-state index is 0.168. The van der Waals surface area contributed by atoms with Gasteiger partial charge < -0.3 is 15.9 Å². The molecule has 8 nitrogen and oxygen atoms in total. The maximum absolute atomic E-state index is 13.3. The van der Waals surface area contributed by atoms with Gasteiger partial charge in [-0.25, -0.2) is 19.2 Å². The zero-order valence-electron chi connectivity index (χ0n) is 12.6. The quantitative estimate of drug-likeness (QED) is 0.388. The number of benzene rings is 1. The molecule has 1 aromatic heterocycles. The zero-order chi connectivity index (χ0) is 18.7. The van der Waals surface area contributed by atoms with Crippen molar-refractivity contribution in [1.82, 2.24) is 10.5 Å². The van der Waals surface area contributed by atoms with Crippen molar-refractivity contribution in [1.29, 1.82) is 0 Å². The van der Waals surface area contributed by atoms with Crippen molar-refractivity contribution in [3.8, 4) is 5.75 Å². The van der Waals surface area contributed by atoms with E-state index < -0.39 is 41.5 Å². The SMILES string of the molecule is NC(=O)c1c(Cc2ccc(F)c(F)c2)nc(C(=O)NO)c(O)c1CO. The van der Waals surface area contributed by atoms with Crippen LogP contribution in [0.1, 0.15) is 37.7 Å². The Bertz CT molecular complexity index is 858. The lowest BCUT2D eigenvalue weighted by Crippen LogP contribution is -2.25. The topological polar surface area (TPSA) is 146 Å². The number of pyridine rings is 1. The van der Waals surface area contributed by atoms with Gasteiger partial charge in [0.25, 0.3) is 11.8 Å². The number of nitrogens with two attached hydrogens (primary N) is 1. The number of aromatic nitrogens is 1. The standard InChI is InChI=1S/C15H13F2N3O5/c16-8-2-1-6(3-9(8)17)4-10-11(14(18)23)7(5-21)13(22)12(19-10)15(24)20-25/h1-3,21-22,25H,4-5H2,(H2,18,23)(H,20,24). The second kappa shape index (κ2) is 7.20. The number of hydrogen-bond acceptors (Lipinski definition) is 6. The van der Waals surface area contributed by atoms with E-state index in [2.05, 4.69) is 4.98 Å². The van der Waals surface area contributed by atoms with Gasteiger partial charge in [-0.3, -0.25) is 14.8 Å². The Balaban J connectivity index is 2.66. The maximum atomic E-state index is 13.3. The number of nitrogens with zero attached hydrogens (tertiary/aromatic N) is 1. The number of hydrogen-bond donors (Lipinski definition) is 5. The first-order valence-electron chi connectivity index (χ1n) is 6.83. The van der Waals surface area contributed by atoms with Gasteiger partial charge in [0.15, 0.2) is 23.1 Å². The van der Waals surface area contributed by atoms with Gasteiger partial charge in [0, 0.05) is 12.0 Å². The summed E-state index contributed by atoms with van der Waals surface area (Å²) in [6.07, 6.45) is -0.255. The van der Waals surface area contributed by atoms with Gasteiger partial charge in [-0.05, 0) is 17.7 Å². The number of nitrogens with one attached hydrogen (secondary N) is 1. The first kappa shape index (κ1) is 18.2. The van der Waals surface area contributed by atoms with Gasteiger partial charge in [-0.1, -0.05) is 6.07 Å². The number of primary amides is 1. The predicted octanol–water partition coefficient (Wildman–Crippen LogP) is 0.366.